The highest BCUT2D eigenvalue weighted by atomic mass is 19.4. The molecule has 0 unspecified atom stereocenters. The van der Waals surface area contributed by atoms with Crippen molar-refractivity contribution >= 4 is 5.97 Å². The Hall–Kier alpha value is -2.07. The summed E-state index contributed by atoms with van der Waals surface area (Å²) >= 11 is 0. The number of carbonyl (C=O) groups is 1. The van der Waals surface area contributed by atoms with E-state index in [0.29, 0.717) is 0 Å². The molecule has 24 heteroatoms. The van der Waals surface area contributed by atoms with E-state index in [1.54, 1.807) is 0 Å². The van der Waals surface area contributed by atoms with E-state index in [4.69, 9.17) is 0 Å². The molecular formula is C12H2F22O2. The first-order valence-electron chi connectivity index (χ1n) is 7.46. The summed E-state index contributed by atoms with van der Waals surface area (Å²) in [5.41, 5.74) is 0. The zero-order chi connectivity index (χ0) is 30.0. The minimum Gasteiger partial charge on any atom is -0.454 e. The maximum atomic E-state index is 13.3. The second-order valence-corrected chi connectivity index (χ2v) is 6.30. The molecule has 2 nitrogen and oxygen atoms in total. The summed E-state index contributed by atoms with van der Waals surface area (Å²) < 4.78 is 281. The monoisotopic (exact) mass is 596 g/mol. The number of halogens is 22. The summed E-state index contributed by atoms with van der Waals surface area (Å²) in [7, 11) is 0. The molecule has 216 valence electrons. The van der Waals surface area contributed by atoms with Crippen LogP contribution in [0.3, 0.4) is 0 Å². The molecule has 0 radical (unpaired) electrons. The molecule has 0 atom stereocenters. The van der Waals surface area contributed by atoms with Crippen molar-refractivity contribution in [3.63, 3.8) is 0 Å². The molecule has 0 rings (SSSR count). The zero-order valence-electron chi connectivity index (χ0n) is 15.3. The molecule has 0 fully saturated rings. The van der Waals surface area contributed by atoms with E-state index in [1.165, 1.54) is 0 Å². The SMILES string of the molecule is O=C(OCC(F)(F)C(F)(F)C(F)(F)F)C(F)(F)C(F)(F)C(F)(F)C(F)(F)C(F)(F)C(F)(F)C(F)(F)F. The van der Waals surface area contributed by atoms with Crippen molar-refractivity contribution in [3.05, 3.63) is 0 Å². The van der Waals surface area contributed by atoms with Gasteiger partial charge in [0.2, 0.25) is 0 Å². The topological polar surface area (TPSA) is 26.3 Å². The predicted octanol–water partition coefficient (Wildman–Crippen LogP) is 6.74. The third kappa shape index (κ3) is 4.55. The molecule has 0 aliphatic rings. The smallest absolute Gasteiger partial charge is 0.454 e. The lowest BCUT2D eigenvalue weighted by Crippen LogP contribution is -2.73. The van der Waals surface area contributed by atoms with Crippen molar-refractivity contribution in [3.8, 4) is 0 Å². The largest absolute Gasteiger partial charge is 0.460 e. The van der Waals surface area contributed by atoms with E-state index in [9.17, 15) is 101 Å². The van der Waals surface area contributed by atoms with Gasteiger partial charge in [-0.1, -0.05) is 0 Å². The molecule has 0 aromatic heterocycles. The molecule has 0 aromatic carbocycles. The average Bonchev–Trinajstić information content (AvgIpc) is 2.63. The van der Waals surface area contributed by atoms with E-state index < -0.39 is 72.3 Å². The van der Waals surface area contributed by atoms with Crippen LogP contribution < -0.4 is 0 Å². The Balaban J connectivity index is 6.39. The summed E-state index contributed by atoms with van der Waals surface area (Å²) in [5, 5.41) is 0. The van der Waals surface area contributed by atoms with Crippen LogP contribution in [0.15, 0.2) is 0 Å². The Labute approximate surface area is 180 Å². The number of carbonyl (C=O) groups excluding carboxylic acids is 1. The third-order valence-corrected chi connectivity index (χ3v) is 3.78. The number of esters is 1. The summed E-state index contributed by atoms with van der Waals surface area (Å²) in [6.45, 7) is -4.05. The zero-order valence-corrected chi connectivity index (χ0v) is 15.3. The predicted molar refractivity (Wildman–Crippen MR) is 62.6 cm³/mol. The van der Waals surface area contributed by atoms with Gasteiger partial charge in [0.15, 0.2) is 6.61 Å². The van der Waals surface area contributed by atoms with Crippen molar-refractivity contribution in [2.75, 3.05) is 6.61 Å². The number of ether oxygens (including phenoxy) is 1. The van der Waals surface area contributed by atoms with Gasteiger partial charge in [-0.05, 0) is 0 Å². The molecule has 0 saturated heterocycles. The highest BCUT2D eigenvalue weighted by Gasteiger charge is 2.94. The van der Waals surface area contributed by atoms with Crippen LogP contribution in [0.4, 0.5) is 96.6 Å². The van der Waals surface area contributed by atoms with Crippen LogP contribution in [0.1, 0.15) is 0 Å². The fraction of sp³-hybridized carbons (Fsp3) is 0.917. The van der Waals surface area contributed by atoms with Gasteiger partial charge in [-0.15, -0.1) is 0 Å². The molecule has 0 spiro atoms. The maximum Gasteiger partial charge on any atom is 0.460 e. The van der Waals surface area contributed by atoms with Gasteiger partial charge in [0.1, 0.15) is 0 Å². The molecule has 0 N–H and O–H groups in total. The van der Waals surface area contributed by atoms with Crippen molar-refractivity contribution in [2.45, 2.75) is 59.7 Å². The summed E-state index contributed by atoms with van der Waals surface area (Å²) in [6, 6.07) is 0. The number of hydrogen-bond acceptors (Lipinski definition) is 2. The minimum absolute atomic E-state index is 2.16. The van der Waals surface area contributed by atoms with Gasteiger partial charge in [-0.3, -0.25) is 0 Å². The minimum atomic E-state index is -8.88. The van der Waals surface area contributed by atoms with Gasteiger partial charge in [0, 0.05) is 0 Å². The van der Waals surface area contributed by atoms with E-state index in [-0.39, 0.29) is 0 Å². The Bertz CT molecular complexity index is 816. The second-order valence-electron chi connectivity index (χ2n) is 6.30. The number of rotatable bonds is 9. The Morgan fingerprint density at radius 3 is 1.00 bits per heavy atom. The van der Waals surface area contributed by atoms with Gasteiger partial charge in [0.25, 0.3) is 0 Å². The van der Waals surface area contributed by atoms with Crippen LogP contribution in [-0.2, 0) is 9.53 Å². The standard InChI is InChI=1S/C12H2F22O2/c13-3(14,5(17,18)11(29,30)31)1-36-2(35)4(15,16)6(19,20)7(21,22)8(23,24)9(25,26)10(27,28)12(32,33)34/h1H2. The van der Waals surface area contributed by atoms with E-state index >= 15 is 0 Å². The molecule has 0 amide bonds. The van der Waals surface area contributed by atoms with Crippen molar-refractivity contribution < 1.29 is 106 Å². The third-order valence-electron chi connectivity index (χ3n) is 3.78. The van der Waals surface area contributed by atoms with Crippen LogP contribution >= 0.6 is 0 Å². The summed E-state index contributed by atoms with van der Waals surface area (Å²) in [6.07, 6.45) is -15.2. The summed E-state index contributed by atoms with van der Waals surface area (Å²) in [4.78, 5) is 10.7. The molecule has 0 bridgehead atoms. The van der Waals surface area contributed by atoms with Gasteiger partial charge in [-0.2, -0.15) is 96.6 Å². The first kappa shape index (κ1) is 33.9. The van der Waals surface area contributed by atoms with Crippen LogP contribution in [-0.4, -0.2) is 72.3 Å². The lowest BCUT2D eigenvalue weighted by molar-refractivity contribution is -0.450. The fourth-order valence-electron chi connectivity index (χ4n) is 1.64. The van der Waals surface area contributed by atoms with Gasteiger partial charge in [-0.25, -0.2) is 4.79 Å². The number of alkyl halides is 22. The van der Waals surface area contributed by atoms with E-state index in [1.807, 2.05) is 0 Å². The second kappa shape index (κ2) is 8.48. The van der Waals surface area contributed by atoms with Gasteiger partial charge in [0.05, 0.1) is 0 Å². The lowest BCUT2D eigenvalue weighted by Gasteiger charge is -2.40. The van der Waals surface area contributed by atoms with Gasteiger partial charge >= 0.3 is 65.7 Å². The fourth-order valence-corrected chi connectivity index (χ4v) is 1.64. The van der Waals surface area contributed by atoms with Gasteiger partial charge < -0.3 is 4.74 Å². The molecule has 36 heavy (non-hydrogen) atoms. The molecular weight excluding hydrogens is 594 g/mol. The van der Waals surface area contributed by atoms with Crippen LogP contribution in [0.25, 0.3) is 0 Å². The highest BCUT2D eigenvalue weighted by Crippen LogP contribution is 2.62. The highest BCUT2D eigenvalue weighted by molar-refractivity contribution is 5.79. The van der Waals surface area contributed by atoms with Crippen molar-refractivity contribution in [1.82, 2.24) is 0 Å². The van der Waals surface area contributed by atoms with Crippen molar-refractivity contribution in [2.24, 2.45) is 0 Å². The molecule has 0 heterocycles. The maximum absolute atomic E-state index is 13.3. The molecule has 0 saturated carbocycles. The molecule has 0 aliphatic carbocycles. The van der Waals surface area contributed by atoms with Crippen LogP contribution in [0, 0.1) is 0 Å². The molecule has 0 aromatic rings. The Kier molecular flexibility index (Phi) is 7.99. The van der Waals surface area contributed by atoms with Crippen LogP contribution in [0.2, 0.25) is 0 Å². The lowest BCUT2D eigenvalue weighted by atomic mass is 9.91. The van der Waals surface area contributed by atoms with Crippen LogP contribution in [0.5, 0.6) is 0 Å². The summed E-state index contributed by atoms with van der Waals surface area (Å²) in [5.74, 6) is -70.4. The Morgan fingerprint density at radius 1 is 0.417 bits per heavy atom. The van der Waals surface area contributed by atoms with E-state index in [2.05, 4.69) is 4.74 Å². The van der Waals surface area contributed by atoms with E-state index in [0.717, 1.165) is 0 Å². The van der Waals surface area contributed by atoms with Crippen molar-refractivity contribution in [1.29, 1.82) is 0 Å². The number of hydrogen-bond donors (Lipinski definition) is 0. The Morgan fingerprint density at radius 2 is 0.694 bits per heavy atom. The average molecular weight is 596 g/mol. The first-order chi connectivity index (χ1) is 15.1. The normalized spacial score (nSPS) is 16.3. The molecule has 0 aliphatic heterocycles. The quantitative estimate of drug-likeness (QED) is 0.218. The first-order valence-corrected chi connectivity index (χ1v) is 7.46.